The molecule has 1 aliphatic heterocycles. The van der Waals surface area contributed by atoms with Crippen LogP contribution in [-0.4, -0.2) is 70.3 Å². The molecular weight excluding hydrogens is 525 g/mol. The molecule has 5 rings (SSSR count). The zero-order valence-corrected chi connectivity index (χ0v) is 21.5. The van der Waals surface area contributed by atoms with Gasteiger partial charge < -0.3 is 21.1 Å². The second-order valence-corrected chi connectivity index (χ2v) is 10.9. The van der Waals surface area contributed by atoms with E-state index < -0.39 is 22.7 Å². The number of aromatic nitrogens is 7. The molecule has 1 fully saturated rings. The van der Waals surface area contributed by atoms with E-state index in [1.165, 1.54) is 10.7 Å². The molecule has 0 radical (unpaired) electrons. The highest BCUT2D eigenvalue weighted by Crippen LogP contribution is 2.36. The quantitative estimate of drug-likeness (QED) is 0.315. The predicted octanol–water partition coefficient (Wildman–Crippen LogP) is 2.27. The van der Waals surface area contributed by atoms with Crippen molar-refractivity contribution in [3.63, 3.8) is 0 Å². The molecular formula is C22H25F3N10O2S. The number of primary amides is 1. The monoisotopic (exact) mass is 550 g/mol. The van der Waals surface area contributed by atoms with E-state index >= 15 is 0 Å². The Kier molecular flexibility index (Phi) is 6.25. The van der Waals surface area contributed by atoms with Gasteiger partial charge in [-0.25, -0.2) is 9.50 Å². The number of nitrogens with zero attached hydrogens (tertiary/aromatic N) is 8. The number of anilines is 2. The normalized spacial score (nSPS) is 18.4. The van der Waals surface area contributed by atoms with Crippen LogP contribution in [0, 0.1) is 5.92 Å². The minimum Gasteiger partial charge on any atom is -0.389 e. The van der Waals surface area contributed by atoms with Crippen molar-refractivity contribution in [2.45, 2.75) is 45.1 Å². The fraction of sp³-hybridized carbons (Fsp3) is 0.455. The molecule has 202 valence electrons. The van der Waals surface area contributed by atoms with Gasteiger partial charge in [0.15, 0.2) is 5.65 Å². The molecule has 1 saturated heterocycles. The van der Waals surface area contributed by atoms with Crippen LogP contribution in [-0.2, 0) is 12.7 Å². The van der Waals surface area contributed by atoms with Gasteiger partial charge in [-0.1, -0.05) is 18.3 Å². The number of carbonyl (C=O) groups is 1. The number of amides is 1. The van der Waals surface area contributed by atoms with E-state index in [0.29, 0.717) is 47.0 Å². The standard InChI is InChI=1S/C22H25F3N10O2S/c1-11-6-33(20-32-31-19(38-20)22(23,24)25)8-14(11)29-16-13(17(26)36)5-28-35-9-15(30-18(16)35)12-4-27-34(7-12)10-21(2,3)37/h4-5,7,9,11,14,29,37H,6,8,10H2,1-3H3,(H2,26,36)/t11-,14+/m1/s1. The molecule has 4 aromatic rings. The van der Waals surface area contributed by atoms with Crippen LogP contribution in [0.1, 0.15) is 36.1 Å². The molecule has 4 N–H and O–H groups in total. The van der Waals surface area contributed by atoms with Crippen molar-refractivity contribution in [1.82, 2.24) is 34.6 Å². The zero-order chi connectivity index (χ0) is 27.4. The van der Waals surface area contributed by atoms with E-state index in [2.05, 4.69) is 30.7 Å². The fourth-order valence-electron chi connectivity index (χ4n) is 4.34. The summed E-state index contributed by atoms with van der Waals surface area (Å²) in [6.07, 6.45) is 1.83. The van der Waals surface area contributed by atoms with Gasteiger partial charge in [0.2, 0.25) is 10.1 Å². The number of halogens is 3. The second kappa shape index (κ2) is 9.20. The van der Waals surface area contributed by atoms with Gasteiger partial charge in [0.25, 0.3) is 5.91 Å². The van der Waals surface area contributed by atoms with Crippen LogP contribution in [0.3, 0.4) is 0 Å². The van der Waals surface area contributed by atoms with Crippen molar-refractivity contribution in [2.24, 2.45) is 11.7 Å². The van der Waals surface area contributed by atoms with Gasteiger partial charge in [-0.3, -0.25) is 9.48 Å². The van der Waals surface area contributed by atoms with Crippen LogP contribution >= 0.6 is 11.3 Å². The molecule has 0 aliphatic carbocycles. The van der Waals surface area contributed by atoms with Gasteiger partial charge >= 0.3 is 6.18 Å². The van der Waals surface area contributed by atoms with Crippen LogP contribution < -0.4 is 16.0 Å². The fourth-order valence-corrected chi connectivity index (χ4v) is 5.07. The SMILES string of the molecule is C[C@@H]1CN(c2nnc(C(F)(F)F)s2)C[C@@H]1Nc1c(C(N)=O)cnn2cc(-c3cnn(CC(C)(C)O)c3)nc12. The lowest BCUT2D eigenvalue weighted by molar-refractivity contribution is -0.138. The summed E-state index contributed by atoms with van der Waals surface area (Å²) >= 11 is 0.491. The van der Waals surface area contributed by atoms with E-state index in [0.717, 1.165) is 0 Å². The van der Waals surface area contributed by atoms with Gasteiger partial charge in [0, 0.05) is 30.9 Å². The molecule has 1 amide bonds. The van der Waals surface area contributed by atoms with E-state index in [1.807, 2.05) is 6.92 Å². The first-order chi connectivity index (χ1) is 17.8. The Morgan fingerprint density at radius 1 is 1.21 bits per heavy atom. The summed E-state index contributed by atoms with van der Waals surface area (Å²) in [7, 11) is 0. The van der Waals surface area contributed by atoms with Crippen molar-refractivity contribution in [2.75, 3.05) is 23.3 Å². The minimum absolute atomic E-state index is 0.0170. The van der Waals surface area contributed by atoms with E-state index in [1.54, 1.807) is 42.0 Å². The highest BCUT2D eigenvalue weighted by Gasteiger charge is 2.38. The second-order valence-electron chi connectivity index (χ2n) is 9.95. The van der Waals surface area contributed by atoms with Crippen molar-refractivity contribution in [3.05, 3.63) is 35.4 Å². The molecule has 1 aliphatic rings. The third kappa shape index (κ3) is 5.13. The number of fused-ring (bicyclic) bond motifs is 1. The Hall–Kier alpha value is -3.79. The number of imidazole rings is 1. The van der Waals surface area contributed by atoms with Gasteiger partial charge in [0.1, 0.15) is 0 Å². The summed E-state index contributed by atoms with van der Waals surface area (Å²) in [6, 6.07) is -0.257. The van der Waals surface area contributed by atoms with Crippen LogP contribution in [0.2, 0.25) is 0 Å². The number of nitrogens with two attached hydrogens (primary N) is 1. The maximum absolute atomic E-state index is 13.0. The first-order valence-corrected chi connectivity index (χ1v) is 12.5. The third-order valence-corrected chi connectivity index (χ3v) is 7.13. The van der Waals surface area contributed by atoms with Gasteiger partial charge in [-0.2, -0.15) is 23.4 Å². The maximum Gasteiger partial charge on any atom is 0.445 e. The first-order valence-electron chi connectivity index (χ1n) is 11.6. The highest BCUT2D eigenvalue weighted by atomic mass is 32.1. The number of aliphatic hydroxyl groups is 1. The maximum atomic E-state index is 13.0. The summed E-state index contributed by atoms with van der Waals surface area (Å²) in [5.74, 6) is -0.719. The summed E-state index contributed by atoms with van der Waals surface area (Å²) in [6.45, 7) is 6.36. The molecule has 0 aromatic carbocycles. The van der Waals surface area contributed by atoms with Crippen LogP contribution in [0.5, 0.6) is 0 Å². The summed E-state index contributed by atoms with van der Waals surface area (Å²) < 4.78 is 42.1. The highest BCUT2D eigenvalue weighted by molar-refractivity contribution is 7.15. The summed E-state index contributed by atoms with van der Waals surface area (Å²) in [5, 5.41) is 28.1. The van der Waals surface area contributed by atoms with Gasteiger partial charge in [-0.05, 0) is 19.8 Å². The Bertz CT molecular complexity index is 1490. The zero-order valence-electron chi connectivity index (χ0n) is 20.6. The van der Waals surface area contributed by atoms with E-state index in [4.69, 9.17) is 5.73 Å². The van der Waals surface area contributed by atoms with Crippen molar-refractivity contribution in [1.29, 1.82) is 0 Å². The number of carbonyl (C=O) groups excluding carboxylic acids is 1. The van der Waals surface area contributed by atoms with Crippen molar-refractivity contribution < 1.29 is 23.1 Å². The topological polar surface area (TPSA) is 152 Å². The predicted molar refractivity (Wildman–Crippen MR) is 133 cm³/mol. The number of nitrogens with one attached hydrogen (secondary N) is 1. The molecule has 16 heteroatoms. The Balaban J connectivity index is 1.44. The molecule has 5 heterocycles. The lowest BCUT2D eigenvalue weighted by atomic mass is 10.1. The van der Waals surface area contributed by atoms with Crippen molar-refractivity contribution >= 4 is 33.7 Å². The number of hydrogen-bond donors (Lipinski definition) is 3. The smallest absolute Gasteiger partial charge is 0.389 e. The molecule has 4 aromatic heterocycles. The molecule has 0 unspecified atom stereocenters. The summed E-state index contributed by atoms with van der Waals surface area (Å²) in [5.41, 5.74) is 6.76. The van der Waals surface area contributed by atoms with Crippen LogP contribution in [0.25, 0.3) is 16.9 Å². The van der Waals surface area contributed by atoms with Crippen molar-refractivity contribution in [3.8, 4) is 11.3 Å². The lowest BCUT2D eigenvalue weighted by Gasteiger charge is -2.19. The molecule has 0 bridgehead atoms. The number of hydrogen-bond acceptors (Lipinski definition) is 10. The van der Waals surface area contributed by atoms with Crippen LogP contribution in [0.4, 0.5) is 24.0 Å². The largest absolute Gasteiger partial charge is 0.445 e. The minimum atomic E-state index is -4.55. The Morgan fingerprint density at radius 3 is 2.63 bits per heavy atom. The van der Waals surface area contributed by atoms with Gasteiger partial charge in [-0.15, -0.1) is 10.2 Å². The summed E-state index contributed by atoms with van der Waals surface area (Å²) in [4.78, 5) is 18.6. The molecule has 0 spiro atoms. The molecule has 12 nitrogen and oxygen atoms in total. The molecule has 0 saturated carbocycles. The number of alkyl halides is 3. The van der Waals surface area contributed by atoms with Crippen LogP contribution in [0.15, 0.2) is 24.8 Å². The lowest BCUT2D eigenvalue weighted by Crippen LogP contribution is -2.30. The van der Waals surface area contributed by atoms with E-state index in [9.17, 15) is 23.1 Å². The third-order valence-electron chi connectivity index (χ3n) is 6.10. The van der Waals surface area contributed by atoms with E-state index in [-0.39, 0.29) is 29.2 Å². The first kappa shape index (κ1) is 25.8. The average Bonchev–Trinajstić information content (AvgIpc) is 3.58. The van der Waals surface area contributed by atoms with Gasteiger partial charge in [0.05, 0.1) is 47.7 Å². The Morgan fingerprint density at radius 2 is 1.97 bits per heavy atom. The number of rotatable bonds is 7. The molecule has 2 atom stereocenters. The Labute approximate surface area is 218 Å². The molecule has 38 heavy (non-hydrogen) atoms. The average molecular weight is 551 g/mol.